The first-order valence-corrected chi connectivity index (χ1v) is 28.5. The Morgan fingerprint density at radius 2 is 0.662 bits per heavy atom. The van der Waals surface area contributed by atoms with Crippen molar-refractivity contribution in [3.8, 4) is 0 Å². The zero-order valence-electron chi connectivity index (χ0n) is 44.6. The first-order chi connectivity index (χ1) is 35.1. The van der Waals surface area contributed by atoms with E-state index in [4.69, 9.17) is 24.7 Å². The molecule has 380 valence electrons. The van der Waals surface area contributed by atoms with Crippen molar-refractivity contribution in [3.63, 3.8) is 0 Å². The summed E-state index contributed by atoms with van der Waals surface area (Å²) < 4.78 is 6.36. The van der Waals surface area contributed by atoms with Gasteiger partial charge in [0.05, 0.1) is 13.2 Å². The molecule has 5 nitrogen and oxygen atoms in total. The van der Waals surface area contributed by atoms with Gasteiger partial charge in [-0.05, 0) is 109 Å². The third-order valence-electron chi connectivity index (χ3n) is 14.9. The van der Waals surface area contributed by atoms with E-state index in [1.54, 1.807) is 0 Å². The lowest BCUT2D eigenvalue weighted by Gasteiger charge is -2.22. The molecule has 0 saturated carbocycles. The fraction of sp³-hybridized carbons (Fsp3) is 0.515. The van der Waals surface area contributed by atoms with Crippen molar-refractivity contribution in [1.29, 1.82) is 0 Å². The van der Waals surface area contributed by atoms with Crippen LogP contribution in [0, 0.1) is 0 Å². The lowest BCUT2D eigenvalue weighted by Crippen LogP contribution is -2.09. The molecular formula is C66H90N4O. The number of aryl methyl sites for hydroxylation is 2. The van der Waals surface area contributed by atoms with E-state index < -0.39 is 0 Å². The first kappa shape index (κ1) is 55.3. The molecule has 0 amide bonds. The van der Waals surface area contributed by atoms with Crippen LogP contribution >= 0.6 is 0 Å². The lowest BCUT2D eigenvalue weighted by atomic mass is 9.83. The molecule has 4 unspecified atom stereocenters. The third kappa shape index (κ3) is 19.5. The number of unbranched alkanes of at least 4 members (excludes halogenated alkanes) is 12. The summed E-state index contributed by atoms with van der Waals surface area (Å²) in [5.41, 5.74) is 10.4. The summed E-state index contributed by atoms with van der Waals surface area (Å²) in [4.78, 5) is 19.8. The molecular weight excluding hydrogens is 865 g/mol. The molecule has 5 heteroatoms. The first-order valence-electron chi connectivity index (χ1n) is 28.5. The highest BCUT2D eigenvalue weighted by Gasteiger charge is 2.22. The van der Waals surface area contributed by atoms with Crippen LogP contribution in [0.3, 0.4) is 0 Å². The summed E-state index contributed by atoms with van der Waals surface area (Å²) in [6, 6.07) is 40.4. The Kier molecular flexibility index (Phi) is 25.6. The Morgan fingerprint density at radius 3 is 1.01 bits per heavy atom. The molecule has 6 rings (SSSR count). The van der Waals surface area contributed by atoms with Gasteiger partial charge in [-0.25, -0.2) is 19.9 Å². The SMILES string of the molecule is CCCCCCCCCc1cnc(C(CCC)CCC(c2ccccc2)c2ccc(COCc3ccc(C(CCC(CCC)c4ncc(CCCCCCCCC)cn4)c4ccccc4)cc3)cc2)nc1. The maximum absolute atomic E-state index is 6.36. The maximum Gasteiger partial charge on any atom is 0.131 e. The average Bonchev–Trinajstić information content (AvgIpc) is 3.41. The molecule has 4 atom stereocenters. The quantitative estimate of drug-likeness (QED) is 0.0367. The number of nitrogens with zero attached hydrogens (tertiary/aromatic N) is 4. The highest BCUT2D eigenvalue weighted by molar-refractivity contribution is 5.36. The summed E-state index contributed by atoms with van der Waals surface area (Å²) in [5.74, 6) is 3.35. The molecule has 0 N–H and O–H groups in total. The molecule has 0 aliphatic carbocycles. The highest BCUT2D eigenvalue weighted by atomic mass is 16.5. The van der Waals surface area contributed by atoms with E-state index in [1.807, 2.05) is 0 Å². The monoisotopic (exact) mass is 955 g/mol. The van der Waals surface area contributed by atoms with Gasteiger partial charge in [-0.15, -0.1) is 0 Å². The van der Waals surface area contributed by atoms with Crippen LogP contribution in [0.15, 0.2) is 134 Å². The van der Waals surface area contributed by atoms with Crippen molar-refractivity contribution >= 4 is 0 Å². The molecule has 0 radical (unpaired) electrons. The second-order valence-corrected chi connectivity index (χ2v) is 20.7. The van der Waals surface area contributed by atoms with Gasteiger partial charge in [0.15, 0.2) is 0 Å². The summed E-state index contributed by atoms with van der Waals surface area (Å²) in [6.07, 6.45) is 37.8. The molecule has 0 aliphatic heterocycles. The molecule has 0 aliphatic rings. The zero-order valence-corrected chi connectivity index (χ0v) is 44.6. The van der Waals surface area contributed by atoms with Crippen LogP contribution in [0.4, 0.5) is 0 Å². The Balaban J connectivity index is 1.01. The van der Waals surface area contributed by atoms with Crippen molar-refractivity contribution in [1.82, 2.24) is 19.9 Å². The number of rotatable bonds is 36. The number of hydrogen-bond donors (Lipinski definition) is 0. The molecule has 2 heterocycles. The van der Waals surface area contributed by atoms with E-state index in [-0.39, 0.29) is 0 Å². The van der Waals surface area contributed by atoms with Crippen LogP contribution in [-0.4, -0.2) is 19.9 Å². The molecule has 0 fully saturated rings. The minimum absolute atomic E-state index is 0.308. The van der Waals surface area contributed by atoms with Gasteiger partial charge in [-0.1, -0.05) is 227 Å². The normalized spacial score (nSPS) is 13.2. The number of aromatic nitrogens is 4. The van der Waals surface area contributed by atoms with E-state index in [9.17, 15) is 0 Å². The number of ether oxygens (including phenoxy) is 1. The molecule has 6 aromatic rings. The molecule has 4 aromatic carbocycles. The van der Waals surface area contributed by atoms with Gasteiger partial charge < -0.3 is 4.74 Å². The van der Waals surface area contributed by atoms with Gasteiger partial charge in [0, 0.05) is 48.5 Å². The average molecular weight is 955 g/mol. The van der Waals surface area contributed by atoms with Crippen LogP contribution in [-0.2, 0) is 30.8 Å². The zero-order chi connectivity index (χ0) is 49.6. The molecule has 71 heavy (non-hydrogen) atoms. The molecule has 0 bridgehead atoms. The van der Waals surface area contributed by atoms with E-state index >= 15 is 0 Å². The predicted octanol–water partition coefficient (Wildman–Crippen LogP) is 18.6. The lowest BCUT2D eigenvalue weighted by molar-refractivity contribution is 0.107. The Labute approximate surface area is 431 Å². The van der Waals surface area contributed by atoms with Gasteiger partial charge in [0.2, 0.25) is 0 Å². The van der Waals surface area contributed by atoms with Gasteiger partial charge >= 0.3 is 0 Å². The van der Waals surface area contributed by atoms with Gasteiger partial charge in [0.1, 0.15) is 11.6 Å². The second kappa shape index (κ2) is 32.9. The Hall–Kier alpha value is -5.00. The van der Waals surface area contributed by atoms with Crippen molar-refractivity contribution in [2.45, 2.75) is 219 Å². The van der Waals surface area contributed by atoms with E-state index in [1.165, 1.54) is 134 Å². The topological polar surface area (TPSA) is 60.8 Å². The minimum atomic E-state index is 0.308. The fourth-order valence-corrected chi connectivity index (χ4v) is 10.6. The largest absolute Gasteiger partial charge is 0.372 e. The predicted molar refractivity (Wildman–Crippen MR) is 299 cm³/mol. The molecule has 2 aromatic heterocycles. The second-order valence-electron chi connectivity index (χ2n) is 20.7. The van der Waals surface area contributed by atoms with Crippen molar-refractivity contribution < 1.29 is 4.74 Å². The Morgan fingerprint density at radius 1 is 0.324 bits per heavy atom. The minimum Gasteiger partial charge on any atom is -0.372 e. The van der Waals surface area contributed by atoms with Crippen LogP contribution in [0.1, 0.15) is 249 Å². The van der Waals surface area contributed by atoms with E-state index in [0.717, 1.165) is 75.9 Å². The standard InChI is InChI=1S/C66H90N4O/c1-5-9-11-13-15-17-21-29-55-47-67-65(68-48-55)61(27-7-3)43-45-63(57-31-23-19-24-32-57)59-39-35-53(36-40-59)51-71-52-54-37-41-60(42-38-54)64(58-33-25-20-26-34-58)46-44-62(28-8-4)66-69-49-56(50-70-66)30-22-18-16-14-12-10-6-2/h19-20,23-26,31-42,47-50,61-64H,5-18,21-22,27-30,43-46,51-52H2,1-4H3. The third-order valence-corrected chi connectivity index (χ3v) is 14.9. The van der Waals surface area contributed by atoms with Crippen LogP contribution in [0.2, 0.25) is 0 Å². The molecule has 0 saturated heterocycles. The highest BCUT2D eigenvalue weighted by Crippen LogP contribution is 2.36. The van der Waals surface area contributed by atoms with Gasteiger partial charge in [-0.2, -0.15) is 0 Å². The van der Waals surface area contributed by atoms with Crippen LogP contribution < -0.4 is 0 Å². The van der Waals surface area contributed by atoms with Crippen LogP contribution in [0.5, 0.6) is 0 Å². The van der Waals surface area contributed by atoms with Gasteiger partial charge in [0.25, 0.3) is 0 Å². The van der Waals surface area contributed by atoms with Gasteiger partial charge in [-0.3, -0.25) is 0 Å². The maximum atomic E-state index is 6.36. The van der Waals surface area contributed by atoms with Crippen molar-refractivity contribution in [2.24, 2.45) is 0 Å². The fourth-order valence-electron chi connectivity index (χ4n) is 10.6. The molecule has 0 spiro atoms. The van der Waals surface area contributed by atoms with Crippen molar-refractivity contribution in [3.05, 3.63) is 190 Å². The summed E-state index contributed by atoms with van der Waals surface area (Å²) in [7, 11) is 0. The summed E-state index contributed by atoms with van der Waals surface area (Å²) in [6.45, 7) is 10.3. The Bertz CT molecular complexity index is 2080. The van der Waals surface area contributed by atoms with E-state index in [2.05, 4.69) is 162 Å². The summed E-state index contributed by atoms with van der Waals surface area (Å²) in [5, 5.41) is 0. The van der Waals surface area contributed by atoms with E-state index in [0.29, 0.717) is 36.9 Å². The number of hydrogen-bond acceptors (Lipinski definition) is 5. The number of benzene rings is 4. The smallest absolute Gasteiger partial charge is 0.131 e. The van der Waals surface area contributed by atoms with Crippen molar-refractivity contribution in [2.75, 3.05) is 0 Å². The van der Waals surface area contributed by atoms with Crippen LogP contribution in [0.25, 0.3) is 0 Å². The summed E-state index contributed by atoms with van der Waals surface area (Å²) >= 11 is 0.